The number of anilines is 2. The molecular formula is C34H31ClF2N4O2S. The lowest BCUT2D eigenvalue weighted by Crippen LogP contribution is -2.47. The van der Waals surface area contributed by atoms with Crippen molar-refractivity contribution in [1.29, 1.82) is 0 Å². The summed E-state index contributed by atoms with van der Waals surface area (Å²) in [5.74, 6) is -1.10. The third kappa shape index (κ3) is 6.60. The van der Waals surface area contributed by atoms with Crippen molar-refractivity contribution >= 4 is 46.6 Å². The van der Waals surface area contributed by atoms with Gasteiger partial charge in [0.05, 0.1) is 23.5 Å². The molecule has 0 saturated carbocycles. The van der Waals surface area contributed by atoms with Crippen molar-refractivity contribution < 1.29 is 18.4 Å². The molecule has 0 atom stereocenters. The fraction of sp³-hybridized carbons (Fsp3) is 0.235. The third-order valence-electron chi connectivity index (χ3n) is 7.94. The van der Waals surface area contributed by atoms with Crippen molar-refractivity contribution in [2.24, 2.45) is 0 Å². The largest absolute Gasteiger partial charge is 0.367 e. The van der Waals surface area contributed by atoms with Gasteiger partial charge in [-0.25, -0.2) is 8.78 Å². The number of carbonyl (C=O) groups is 2. The smallest absolute Gasteiger partial charge is 0.259 e. The summed E-state index contributed by atoms with van der Waals surface area (Å²) in [6.07, 6.45) is 0.773. The Balaban J connectivity index is 1.11. The van der Waals surface area contributed by atoms with Crippen molar-refractivity contribution in [1.82, 2.24) is 10.2 Å². The fourth-order valence-corrected chi connectivity index (χ4v) is 6.85. The first-order valence-corrected chi connectivity index (χ1v) is 15.7. The van der Waals surface area contributed by atoms with E-state index in [0.29, 0.717) is 34.6 Å². The Morgan fingerprint density at radius 2 is 1.64 bits per heavy atom. The lowest BCUT2D eigenvalue weighted by Gasteiger charge is -2.36. The molecule has 2 amide bonds. The predicted molar refractivity (Wildman–Crippen MR) is 171 cm³/mol. The first-order chi connectivity index (χ1) is 21.4. The van der Waals surface area contributed by atoms with Crippen LogP contribution < -0.4 is 15.1 Å². The summed E-state index contributed by atoms with van der Waals surface area (Å²) in [5.41, 5.74) is 2.83. The number of hydrogen-bond acceptors (Lipinski definition) is 5. The molecule has 0 spiro atoms. The molecule has 0 unspecified atom stereocenters. The molecule has 0 radical (unpaired) electrons. The van der Waals surface area contributed by atoms with E-state index < -0.39 is 5.82 Å². The molecule has 2 aliphatic rings. The molecule has 226 valence electrons. The minimum Gasteiger partial charge on any atom is -0.367 e. The van der Waals surface area contributed by atoms with Crippen LogP contribution in [0.2, 0.25) is 5.02 Å². The molecule has 0 aromatic heterocycles. The molecule has 4 aromatic rings. The standard InChI is InChI=1S/C34H31ClF2N4O2S/c35-27-21-25(36)12-10-24(27)22-41-30-20-23(11-13-32(30)44-31-9-4-1-6-26(31)34(41)43)33(42)38-14-5-15-39-16-18-40(19-17-39)29-8-3-2-7-28(29)37/h1-4,6-13,20-21H,5,14-19,22H2,(H,38,42). The van der Waals surface area contributed by atoms with Crippen LogP contribution >= 0.6 is 23.4 Å². The zero-order chi connectivity index (χ0) is 30.6. The van der Waals surface area contributed by atoms with Crippen molar-refractivity contribution in [2.75, 3.05) is 49.1 Å². The normalized spacial score (nSPS) is 15.0. The number of benzene rings is 4. The SMILES string of the molecule is O=C(NCCCN1CCN(c2ccccc2F)CC1)c1ccc2c(c1)N(Cc1ccc(F)cc1Cl)C(=O)c1ccccc1S2. The van der Waals surface area contributed by atoms with Crippen molar-refractivity contribution in [3.63, 3.8) is 0 Å². The average Bonchev–Trinajstić information content (AvgIpc) is 3.14. The van der Waals surface area contributed by atoms with Gasteiger partial charge >= 0.3 is 0 Å². The minimum atomic E-state index is -0.453. The number of amides is 2. The Bertz CT molecular complexity index is 1700. The van der Waals surface area contributed by atoms with Gasteiger partial charge in [0.1, 0.15) is 11.6 Å². The maximum atomic E-state index is 14.1. The summed E-state index contributed by atoms with van der Waals surface area (Å²) < 4.78 is 27.9. The van der Waals surface area contributed by atoms with E-state index in [9.17, 15) is 18.4 Å². The molecule has 1 fully saturated rings. The summed E-state index contributed by atoms with van der Waals surface area (Å²) >= 11 is 7.81. The van der Waals surface area contributed by atoms with E-state index in [4.69, 9.17) is 11.6 Å². The lowest BCUT2D eigenvalue weighted by molar-refractivity contribution is 0.0948. The van der Waals surface area contributed by atoms with Gasteiger partial charge in [0.25, 0.3) is 11.8 Å². The van der Waals surface area contributed by atoms with E-state index in [1.165, 1.54) is 30.0 Å². The van der Waals surface area contributed by atoms with E-state index in [-0.39, 0.29) is 29.2 Å². The van der Waals surface area contributed by atoms with Gasteiger partial charge in [-0.15, -0.1) is 0 Å². The van der Waals surface area contributed by atoms with Gasteiger partial charge in [-0.3, -0.25) is 14.5 Å². The summed E-state index contributed by atoms with van der Waals surface area (Å²) in [6, 6.07) is 23.7. The molecule has 1 N–H and O–H groups in total. The van der Waals surface area contributed by atoms with Crippen LogP contribution in [0.3, 0.4) is 0 Å². The van der Waals surface area contributed by atoms with Crippen LogP contribution in [0.4, 0.5) is 20.2 Å². The molecule has 4 aromatic carbocycles. The molecule has 2 aliphatic heterocycles. The van der Waals surface area contributed by atoms with Crippen LogP contribution in [0.25, 0.3) is 0 Å². The van der Waals surface area contributed by atoms with Crippen molar-refractivity contribution in [2.45, 2.75) is 22.8 Å². The van der Waals surface area contributed by atoms with Gasteiger partial charge in [0, 0.05) is 53.1 Å². The Morgan fingerprint density at radius 3 is 2.43 bits per heavy atom. The van der Waals surface area contributed by atoms with E-state index in [2.05, 4.69) is 15.1 Å². The highest BCUT2D eigenvalue weighted by Gasteiger charge is 2.29. The zero-order valence-electron chi connectivity index (χ0n) is 23.9. The molecule has 0 bridgehead atoms. The molecule has 2 heterocycles. The topological polar surface area (TPSA) is 55.9 Å². The van der Waals surface area contributed by atoms with Crippen LogP contribution in [0.5, 0.6) is 0 Å². The molecule has 1 saturated heterocycles. The lowest BCUT2D eigenvalue weighted by atomic mass is 10.1. The number of nitrogens with zero attached hydrogens (tertiary/aromatic N) is 3. The second-order valence-corrected chi connectivity index (χ2v) is 12.3. The predicted octanol–water partition coefficient (Wildman–Crippen LogP) is 6.87. The van der Waals surface area contributed by atoms with E-state index in [1.807, 2.05) is 36.4 Å². The van der Waals surface area contributed by atoms with E-state index in [1.54, 1.807) is 35.2 Å². The Hall–Kier alpha value is -3.92. The highest BCUT2D eigenvalue weighted by atomic mass is 35.5. The summed E-state index contributed by atoms with van der Waals surface area (Å²) in [4.78, 5) is 34.7. The number of carbonyl (C=O) groups excluding carboxylic acids is 2. The second kappa shape index (κ2) is 13.4. The number of hydrogen-bond donors (Lipinski definition) is 1. The van der Waals surface area contributed by atoms with Gasteiger partial charge in [-0.1, -0.05) is 53.7 Å². The van der Waals surface area contributed by atoms with E-state index >= 15 is 0 Å². The number of para-hydroxylation sites is 1. The monoisotopic (exact) mass is 632 g/mol. The molecule has 6 nitrogen and oxygen atoms in total. The zero-order valence-corrected chi connectivity index (χ0v) is 25.5. The molecular weight excluding hydrogens is 602 g/mol. The van der Waals surface area contributed by atoms with Crippen molar-refractivity contribution in [3.8, 4) is 0 Å². The molecule has 0 aliphatic carbocycles. The van der Waals surface area contributed by atoms with Gasteiger partial charge < -0.3 is 15.1 Å². The van der Waals surface area contributed by atoms with Crippen LogP contribution in [0, 0.1) is 11.6 Å². The number of rotatable bonds is 8. The Labute approximate surface area is 264 Å². The average molecular weight is 633 g/mol. The summed E-state index contributed by atoms with van der Waals surface area (Å²) in [7, 11) is 0. The summed E-state index contributed by atoms with van der Waals surface area (Å²) in [5, 5.41) is 3.24. The quantitative estimate of drug-likeness (QED) is 0.215. The number of nitrogens with one attached hydrogen (secondary N) is 1. The maximum Gasteiger partial charge on any atom is 0.259 e. The second-order valence-electron chi connectivity index (χ2n) is 10.8. The van der Waals surface area contributed by atoms with Crippen LogP contribution in [0.15, 0.2) is 94.7 Å². The number of halogens is 3. The first-order valence-electron chi connectivity index (χ1n) is 14.5. The highest BCUT2D eigenvalue weighted by molar-refractivity contribution is 7.99. The van der Waals surface area contributed by atoms with Gasteiger partial charge in [-0.2, -0.15) is 0 Å². The number of piperazine rings is 1. The van der Waals surface area contributed by atoms with Gasteiger partial charge in [0.2, 0.25) is 0 Å². The maximum absolute atomic E-state index is 14.1. The Morgan fingerprint density at radius 1 is 0.864 bits per heavy atom. The van der Waals surface area contributed by atoms with Crippen LogP contribution in [-0.2, 0) is 6.54 Å². The van der Waals surface area contributed by atoms with Crippen LogP contribution in [-0.4, -0.2) is 56.0 Å². The summed E-state index contributed by atoms with van der Waals surface area (Å²) in [6.45, 7) is 4.60. The number of fused-ring (bicyclic) bond motifs is 2. The third-order valence-corrected chi connectivity index (χ3v) is 9.43. The molecule has 10 heteroatoms. The fourth-order valence-electron chi connectivity index (χ4n) is 5.57. The van der Waals surface area contributed by atoms with Gasteiger partial charge in [0.15, 0.2) is 0 Å². The van der Waals surface area contributed by atoms with E-state index in [0.717, 1.165) is 48.9 Å². The molecule has 6 rings (SSSR count). The van der Waals surface area contributed by atoms with Gasteiger partial charge in [-0.05, 0) is 73.1 Å². The highest BCUT2D eigenvalue weighted by Crippen LogP contribution is 2.42. The van der Waals surface area contributed by atoms with Crippen molar-refractivity contribution in [3.05, 3.63) is 118 Å². The Kier molecular flexibility index (Phi) is 9.16. The first kappa shape index (κ1) is 30.1. The molecule has 44 heavy (non-hydrogen) atoms. The van der Waals surface area contributed by atoms with Crippen LogP contribution in [0.1, 0.15) is 32.7 Å². The minimum absolute atomic E-state index is 0.120.